The fourth-order valence-electron chi connectivity index (χ4n) is 4.00. The molecule has 2 atom stereocenters. The predicted molar refractivity (Wildman–Crippen MR) is 139 cm³/mol. The minimum atomic E-state index is -0.693. The van der Waals surface area contributed by atoms with Crippen LogP contribution in [0.2, 0.25) is 0 Å². The molecule has 1 heterocycles. The molecule has 0 spiro atoms. The van der Waals surface area contributed by atoms with Crippen LogP contribution >= 0.6 is 15.9 Å². The molecule has 34 heavy (non-hydrogen) atoms. The van der Waals surface area contributed by atoms with Crippen LogP contribution in [0.3, 0.4) is 0 Å². The first-order valence-electron chi connectivity index (χ1n) is 11.2. The molecule has 3 aromatic carbocycles. The summed E-state index contributed by atoms with van der Waals surface area (Å²) in [5.41, 5.74) is 4.75. The van der Waals surface area contributed by atoms with Gasteiger partial charge in [0.15, 0.2) is 0 Å². The molecule has 174 valence electrons. The van der Waals surface area contributed by atoms with Gasteiger partial charge in [-0.15, -0.1) is 0 Å². The first-order chi connectivity index (χ1) is 16.4. The molecule has 2 N–H and O–H groups in total. The summed E-state index contributed by atoms with van der Waals surface area (Å²) in [6.07, 6.45) is -0.278. The Morgan fingerprint density at radius 1 is 1.03 bits per heavy atom. The van der Waals surface area contributed by atoms with E-state index in [2.05, 4.69) is 37.5 Å². The number of likely N-dealkylation sites (N-methyl/N-ethyl adjacent to an activating group) is 1. The molecule has 1 aliphatic rings. The molecule has 0 aromatic heterocycles. The highest BCUT2D eigenvalue weighted by Crippen LogP contribution is 2.26. The highest BCUT2D eigenvalue weighted by atomic mass is 79.9. The number of hydrogen-bond acceptors (Lipinski definition) is 4. The lowest BCUT2D eigenvalue weighted by Gasteiger charge is -2.24. The van der Waals surface area contributed by atoms with Crippen molar-refractivity contribution >= 4 is 39.1 Å². The number of carbonyl (C=O) groups excluding carboxylic acids is 2. The number of hydrogen-bond donors (Lipinski definition) is 2. The van der Waals surface area contributed by atoms with Crippen LogP contribution < -0.4 is 15.5 Å². The number of benzene rings is 3. The van der Waals surface area contributed by atoms with Gasteiger partial charge in [0, 0.05) is 28.3 Å². The maximum Gasteiger partial charge on any atom is 0.243 e. The fraction of sp³-hybridized carbons (Fsp3) is 0.222. The lowest BCUT2D eigenvalue weighted by atomic mass is 10.0. The van der Waals surface area contributed by atoms with Crippen molar-refractivity contribution in [2.45, 2.75) is 25.6 Å². The van der Waals surface area contributed by atoms with Crippen molar-refractivity contribution in [2.24, 2.45) is 4.99 Å². The molecule has 0 aliphatic carbocycles. The Kier molecular flexibility index (Phi) is 7.43. The second-order valence-corrected chi connectivity index (χ2v) is 9.18. The molecule has 0 unspecified atom stereocenters. The van der Waals surface area contributed by atoms with Crippen molar-refractivity contribution < 1.29 is 9.59 Å². The summed E-state index contributed by atoms with van der Waals surface area (Å²) < 4.78 is 0.867. The Balaban J connectivity index is 1.49. The van der Waals surface area contributed by atoms with E-state index in [1.165, 1.54) is 0 Å². The summed E-state index contributed by atoms with van der Waals surface area (Å²) in [5, 5.41) is 5.81. The van der Waals surface area contributed by atoms with E-state index in [0.29, 0.717) is 6.54 Å². The predicted octanol–water partition coefficient (Wildman–Crippen LogP) is 3.93. The molecule has 6 nitrogen and oxygen atoms in total. The van der Waals surface area contributed by atoms with Crippen LogP contribution in [-0.4, -0.2) is 43.3 Å². The van der Waals surface area contributed by atoms with Gasteiger partial charge in [-0.2, -0.15) is 0 Å². The number of carbonyl (C=O) groups is 2. The lowest BCUT2D eigenvalue weighted by Crippen LogP contribution is -2.50. The van der Waals surface area contributed by atoms with Crippen LogP contribution in [0.1, 0.15) is 23.6 Å². The SMILES string of the molecule is C[C@H](NC(=O)Cc1ccccc1Br)C(=O)N[C@@H]1CN(C)c2ccccc2C(c2ccccc2)=N1. The van der Waals surface area contributed by atoms with Crippen LogP contribution in [0.4, 0.5) is 5.69 Å². The van der Waals surface area contributed by atoms with Crippen LogP contribution in [0.5, 0.6) is 0 Å². The maximum absolute atomic E-state index is 13.0. The normalized spacial score (nSPS) is 16.0. The Hall–Kier alpha value is -3.45. The van der Waals surface area contributed by atoms with Gasteiger partial charge < -0.3 is 15.5 Å². The van der Waals surface area contributed by atoms with Crippen molar-refractivity contribution in [3.05, 3.63) is 100 Å². The van der Waals surface area contributed by atoms with E-state index in [1.54, 1.807) is 6.92 Å². The molecular weight excluding hydrogens is 492 g/mol. The van der Waals surface area contributed by atoms with Crippen LogP contribution in [-0.2, 0) is 16.0 Å². The Morgan fingerprint density at radius 2 is 1.71 bits per heavy atom. The van der Waals surface area contributed by atoms with Gasteiger partial charge in [-0.05, 0) is 24.6 Å². The number of aliphatic imine (C=N–C) groups is 1. The van der Waals surface area contributed by atoms with E-state index >= 15 is 0 Å². The first kappa shape index (κ1) is 23.7. The molecular formula is C27H27BrN4O2. The van der Waals surface area contributed by atoms with E-state index in [1.807, 2.05) is 79.8 Å². The molecule has 0 fully saturated rings. The molecule has 4 rings (SSSR count). The van der Waals surface area contributed by atoms with Gasteiger partial charge in [-0.25, -0.2) is 0 Å². The van der Waals surface area contributed by atoms with Gasteiger partial charge in [-0.1, -0.05) is 82.7 Å². The zero-order valence-electron chi connectivity index (χ0n) is 19.2. The maximum atomic E-state index is 13.0. The summed E-state index contributed by atoms with van der Waals surface area (Å²) in [5.74, 6) is -0.491. The van der Waals surface area contributed by atoms with E-state index in [-0.39, 0.29) is 18.2 Å². The van der Waals surface area contributed by atoms with Crippen LogP contribution in [0.25, 0.3) is 0 Å². The van der Waals surface area contributed by atoms with Gasteiger partial charge >= 0.3 is 0 Å². The van der Waals surface area contributed by atoms with E-state index in [0.717, 1.165) is 32.6 Å². The smallest absolute Gasteiger partial charge is 0.243 e. The number of anilines is 1. The number of nitrogens with one attached hydrogen (secondary N) is 2. The van der Waals surface area contributed by atoms with Crippen LogP contribution in [0, 0.1) is 0 Å². The first-order valence-corrected chi connectivity index (χ1v) is 12.0. The van der Waals surface area contributed by atoms with Crippen molar-refractivity contribution in [1.29, 1.82) is 0 Å². The standard InChI is InChI=1S/C27H27BrN4O2/c1-18(29-25(33)16-20-12-6-8-14-22(20)28)27(34)31-24-17-32(2)23-15-9-7-13-21(23)26(30-24)19-10-4-3-5-11-19/h3-15,18,24H,16-17H2,1-2H3,(H,29,33)(H,31,34)/t18-,24+/m0/s1. The Morgan fingerprint density at radius 3 is 2.47 bits per heavy atom. The second-order valence-electron chi connectivity index (χ2n) is 8.32. The van der Waals surface area contributed by atoms with Gasteiger partial charge in [0.05, 0.1) is 18.7 Å². The number of fused-ring (bicyclic) bond motifs is 1. The number of para-hydroxylation sites is 1. The number of halogens is 1. The van der Waals surface area contributed by atoms with Gasteiger partial charge in [0.25, 0.3) is 0 Å². The molecule has 0 radical (unpaired) electrons. The average Bonchev–Trinajstić information content (AvgIpc) is 2.97. The number of rotatable bonds is 6. The number of amides is 2. The zero-order chi connectivity index (χ0) is 24.1. The number of benzodiazepines with no additional fused rings is 1. The minimum Gasteiger partial charge on any atom is -0.370 e. The van der Waals surface area contributed by atoms with E-state index < -0.39 is 12.2 Å². The number of nitrogens with zero attached hydrogens (tertiary/aromatic N) is 2. The topological polar surface area (TPSA) is 73.8 Å². The summed E-state index contributed by atoms with van der Waals surface area (Å²) in [6.45, 7) is 2.20. The monoisotopic (exact) mass is 518 g/mol. The summed E-state index contributed by atoms with van der Waals surface area (Å²) in [6, 6.07) is 24.9. The Bertz CT molecular complexity index is 1210. The van der Waals surface area contributed by atoms with Crippen molar-refractivity contribution in [3.8, 4) is 0 Å². The van der Waals surface area contributed by atoms with Gasteiger partial charge in [0.1, 0.15) is 12.2 Å². The van der Waals surface area contributed by atoms with Crippen molar-refractivity contribution in [1.82, 2.24) is 10.6 Å². The summed E-state index contributed by atoms with van der Waals surface area (Å²) >= 11 is 3.46. The summed E-state index contributed by atoms with van der Waals surface area (Å²) in [7, 11) is 1.99. The summed E-state index contributed by atoms with van der Waals surface area (Å²) in [4.78, 5) is 32.5. The molecule has 1 aliphatic heterocycles. The molecule has 7 heteroatoms. The highest BCUT2D eigenvalue weighted by molar-refractivity contribution is 9.10. The fourth-order valence-corrected chi connectivity index (χ4v) is 4.42. The van der Waals surface area contributed by atoms with Crippen molar-refractivity contribution in [2.75, 3.05) is 18.5 Å². The second kappa shape index (κ2) is 10.7. The zero-order valence-corrected chi connectivity index (χ0v) is 20.7. The van der Waals surface area contributed by atoms with Gasteiger partial charge in [-0.3, -0.25) is 14.6 Å². The third-order valence-electron chi connectivity index (χ3n) is 5.74. The minimum absolute atomic E-state index is 0.191. The highest BCUT2D eigenvalue weighted by Gasteiger charge is 2.25. The molecule has 3 aromatic rings. The average molecular weight is 519 g/mol. The van der Waals surface area contributed by atoms with Gasteiger partial charge in [0.2, 0.25) is 11.8 Å². The third kappa shape index (κ3) is 5.54. The molecule has 0 bridgehead atoms. The van der Waals surface area contributed by atoms with Crippen molar-refractivity contribution in [3.63, 3.8) is 0 Å². The molecule has 0 saturated carbocycles. The van der Waals surface area contributed by atoms with E-state index in [4.69, 9.17) is 4.99 Å². The lowest BCUT2D eigenvalue weighted by molar-refractivity contribution is -0.128. The quantitative estimate of drug-likeness (QED) is 0.519. The molecule has 2 amide bonds. The largest absolute Gasteiger partial charge is 0.370 e. The third-order valence-corrected chi connectivity index (χ3v) is 6.51. The van der Waals surface area contributed by atoms with Crippen LogP contribution in [0.15, 0.2) is 88.3 Å². The molecule has 0 saturated heterocycles. The Labute approximate surface area is 208 Å². The van der Waals surface area contributed by atoms with E-state index in [9.17, 15) is 9.59 Å².